The van der Waals surface area contributed by atoms with Gasteiger partial charge in [-0.15, -0.1) is 0 Å². The fourth-order valence-corrected chi connectivity index (χ4v) is 3.99. The number of sulfonamides is 1. The number of nitrogens with zero attached hydrogens (tertiary/aromatic N) is 1. The lowest BCUT2D eigenvalue weighted by atomic mass is 10.1. The first kappa shape index (κ1) is 21.7. The van der Waals surface area contributed by atoms with Gasteiger partial charge in [-0.25, -0.2) is 13.2 Å². The van der Waals surface area contributed by atoms with Gasteiger partial charge < -0.3 is 10.1 Å². The molecular weight excluding hydrogens is 404 g/mol. The molecule has 0 spiro atoms. The normalized spacial score (nSPS) is 12.2. The number of hydrogen-bond acceptors (Lipinski definition) is 5. The number of esters is 1. The second kappa shape index (κ2) is 8.62. The minimum absolute atomic E-state index is 0.162. The number of amides is 1. The standard InChI is InChI=1S/C19H21ClN2O5S/c1-12-9-10-14(11-16(12)20)22(28(4,25)26)13(2)18(23)21-17-8-6-5-7-15(17)19(24)27-3/h5-11,13H,1-4H3,(H,21,23). The molecule has 0 bridgehead atoms. The van der Waals surface area contributed by atoms with Gasteiger partial charge in [-0.1, -0.05) is 29.8 Å². The lowest BCUT2D eigenvalue weighted by Gasteiger charge is -2.28. The molecule has 0 aliphatic heterocycles. The van der Waals surface area contributed by atoms with Gasteiger partial charge in [0.05, 0.1) is 30.3 Å². The fraction of sp³-hybridized carbons (Fsp3) is 0.263. The number of nitrogens with one attached hydrogen (secondary N) is 1. The number of halogens is 1. The van der Waals surface area contributed by atoms with Crippen LogP contribution < -0.4 is 9.62 Å². The summed E-state index contributed by atoms with van der Waals surface area (Å²) < 4.78 is 30.4. The van der Waals surface area contributed by atoms with Crippen molar-refractivity contribution in [2.45, 2.75) is 19.9 Å². The van der Waals surface area contributed by atoms with Crippen molar-refractivity contribution in [3.05, 3.63) is 58.6 Å². The maximum atomic E-state index is 12.8. The molecule has 0 aliphatic rings. The van der Waals surface area contributed by atoms with Crippen molar-refractivity contribution in [3.63, 3.8) is 0 Å². The van der Waals surface area contributed by atoms with E-state index < -0.39 is 27.9 Å². The van der Waals surface area contributed by atoms with Crippen LogP contribution in [0.1, 0.15) is 22.8 Å². The number of ether oxygens (including phenoxy) is 1. The van der Waals surface area contributed by atoms with Crippen LogP contribution in [0, 0.1) is 6.92 Å². The number of carbonyl (C=O) groups excluding carboxylic acids is 2. The third kappa shape index (κ3) is 4.82. The van der Waals surface area contributed by atoms with Crippen LogP contribution >= 0.6 is 11.6 Å². The van der Waals surface area contributed by atoms with Crippen molar-refractivity contribution in [2.24, 2.45) is 0 Å². The van der Waals surface area contributed by atoms with Gasteiger partial charge in [-0.05, 0) is 43.7 Å². The highest BCUT2D eigenvalue weighted by molar-refractivity contribution is 7.92. The van der Waals surface area contributed by atoms with E-state index in [4.69, 9.17) is 16.3 Å². The van der Waals surface area contributed by atoms with Crippen molar-refractivity contribution < 1.29 is 22.7 Å². The number of aryl methyl sites for hydroxylation is 1. The number of anilines is 2. The van der Waals surface area contributed by atoms with Gasteiger partial charge in [-0.2, -0.15) is 0 Å². The molecule has 1 atom stereocenters. The predicted octanol–water partition coefficient (Wildman–Crippen LogP) is 3.23. The van der Waals surface area contributed by atoms with Gasteiger partial charge in [-0.3, -0.25) is 9.10 Å². The smallest absolute Gasteiger partial charge is 0.339 e. The van der Waals surface area contributed by atoms with Crippen molar-refractivity contribution in [3.8, 4) is 0 Å². The molecule has 150 valence electrons. The molecule has 0 aromatic heterocycles. The van der Waals surface area contributed by atoms with Crippen LogP contribution in [-0.4, -0.2) is 39.7 Å². The third-order valence-corrected chi connectivity index (χ3v) is 5.74. The predicted molar refractivity (Wildman–Crippen MR) is 109 cm³/mol. The Balaban J connectivity index is 2.38. The summed E-state index contributed by atoms with van der Waals surface area (Å²) in [5.41, 5.74) is 1.43. The lowest BCUT2D eigenvalue weighted by Crippen LogP contribution is -2.45. The monoisotopic (exact) mass is 424 g/mol. The Hall–Kier alpha value is -2.58. The van der Waals surface area contributed by atoms with Gasteiger partial charge in [0, 0.05) is 5.02 Å². The first-order valence-corrected chi connectivity index (χ1v) is 10.5. The first-order chi connectivity index (χ1) is 13.1. The molecule has 0 fully saturated rings. The average molecular weight is 425 g/mol. The maximum Gasteiger partial charge on any atom is 0.339 e. The minimum atomic E-state index is -3.79. The summed E-state index contributed by atoms with van der Waals surface area (Å²) in [4.78, 5) is 24.7. The van der Waals surface area contributed by atoms with Crippen molar-refractivity contribution in [1.82, 2.24) is 0 Å². The Bertz CT molecular complexity index is 1010. The van der Waals surface area contributed by atoms with Crippen LogP contribution in [0.3, 0.4) is 0 Å². The van der Waals surface area contributed by atoms with E-state index in [9.17, 15) is 18.0 Å². The summed E-state index contributed by atoms with van der Waals surface area (Å²) in [5.74, 6) is -1.23. The highest BCUT2D eigenvalue weighted by Crippen LogP contribution is 2.27. The van der Waals surface area contributed by atoms with E-state index in [0.29, 0.717) is 5.02 Å². The van der Waals surface area contributed by atoms with Crippen LogP contribution in [0.25, 0.3) is 0 Å². The Labute approximate surface area is 169 Å². The molecule has 0 heterocycles. The number of methoxy groups -OCH3 is 1. The lowest BCUT2D eigenvalue weighted by molar-refractivity contribution is -0.116. The summed E-state index contributed by atoms with van der Waals surface area (Å²) in [6, 6.07) is 9.94. The van der Waals surface area contributed by atoms with Crippen LogP contribution in [0.5, 0.6) is 0 Å². The van der Waals surface area contributed by atoms with E-state index in [2.05, 4.69) is 5.32 Å². The number of rotatable bonds is 6. The minimum Gasteiger partial charge on any atom is -0.465 e. The molecule has 0 aliphatic carbocycles. The molecule has 28 heavy (non-hydrogen) atoms. The molecule has 1 amide bonds. The number of carbonyl (C=O) groups is 2. The maximum absolute atomic E-state index is 12.8. The fourth-order valence-electron chi connectivity index (χ4n) is 2.64. The van der Waals surface area contributed by atoms with Crippen molar-refractivity contribution in [1.29, 1.82) is 0 Å². The molecule has 0 saturated carbocycles. The van der Waals surface area contributed by atoms with Gasteiger partial charge in [0.25, 0.3) is 0 Å². The van der Waals surface area contributed by atoms with E-state index in [-0.39, 0.29) is 16.9 Å². The van der Waals surface area contributed by atoms with Crippen LogP contribution in [0.2, 0.25) is 5.02 Å². The molecule has 1 N–H and O–H groups in total. The highest BCUT2D eigenvalue weighted by Gasteiger charge is 2.30. The second-order valence-corrected chi connectivity index (χ2v) is 8.46. The SMILES string of the molecule is COC(=O)c1ccccc1NC(=O)C(C)N(c1ccc(C)c(Cl)c1)S(C)(=O)=O. The molecular formula is C19H21ClN2O5S. The summed E-state index contributed by atoms with van der Waals surface area (Å²) in [7, 11) is -2.56. The zero-order valence-corrected chi connectivity index (χ0v) is 17.5. The third-order valence-electron chi connectivity index (χ3n) is 4.09. The molecule has 0 radical (unpaired) electrons. The number of para-hydroxylation sites is 1. The molecule has 1 unspecified atom stereocenters. The van der Waals surface area contributed by atoms with Crippen LogP contribution in [0.4, 0.5) is 11.4 Å². The second-order valence-electron chi connectivity index (χ2n) is 6.19. The van der Waals surface area contributed by atoms with E-state index in [0.717, 1.165) is 16.1 Å². The Morgan fingerprint density at radius 1 is 1.18 bits per heavy atom. The summed E-state index contributed by atoms with van der Waals surface area (Å²) in [6.07, 6.45) is 1.01. The molecule has 2 aromatic carbocycles. The van der Waals surface area contributed by atoms with Gasteiger partial charge >= 0.3 is 5.97 Å². The number of hydrogen-bond donors (Lipinski definition) is 1. The zero-order valence-electron chi connectivity index (χ0n) is 15.9. The largest absolute Gasteiger partial charge is 0.465 e. The topological polar surface area (TPSA) is 92.8 Å². The zero-order chi connectivity index (χ0) is 21.1. The Kier molecular flexibility index (Phi) is 6.69. The molecule has 7 nitrogen and oxygen atoms in total. The highest BCUT2D eigenvalue weighted by atomic mass is 35.5. The van der Waals surface area contributed by atoms with Crippen molar-refractivity contribution >= 4 is 44.9 Å². The van der Waals surface area contributed by atoms with E-state index >= 15 is 0 Å². The average Bonchev–Trinajstić information content (AvgIpc) is 2.63. The molecule has 2 rings (SSSR count). The summed E-state index contributed by atoms with van der Waals surface area (Å²) in [6.45, 7) is 3.24. The van der Waals surface area contributed by atoms with Crippen LogP contribution in [-0.2, 0) is 19.6 Å². The number of benzene rings is 2. The van der Waals surface area contributed by atoms with Crippen LogP contribution in [0.15, 0.2) is 42.5 Å². The Morgan fingerprint density at radius 3 is 2.39 bits per heavy atom. The summed E-state index contributed by atoms with van der Waals surface area (Å²) >= 11 is 6.12. The molecule has 0 saturated heterocycles. The van der Waals surface area contributed by atoms with Gasteiger partial charge in [0.1, 0.15) is 6.04 Å². The molecule has 2 aromatic rings. The van der Waals surface area contributed by atoms with E-state index in [1.807, 2.05) is 0 Å². The Morgan fingerprint density at radius 2 is 1.82 bits per heavy atom. The van der Waals surface area contributed by atoms with E-state index in [1.165, 1.54) is 32.2 Å². The van der Waals surface area contributed by atoms with Crippen molar-refractivity contribution in [2.75, 3.05) is 23.0 Å². The van der Waals surface area contributed by atoms with Gasteiger partial charge in [0.2, 0.25) is 15.9 Å². The summed E-state index contributed by atoms with van der Waals surface area (Å²) in [5, 5.41) is 2.98. The molecule has 9 heteroatoms. The first-order valence-electron chi connectivity index (χ1n) is 8.30. The quantitative estimate of drug-likeness (QED) is 0.718. The van der Waals surface area contributed by atoms with Gasteiger partial charge in [0.15, 0.2) is 0 Å². The van der Waals surface area contributed by atoms with E-state index in [1.54, 1.807) is 31.2 Å².